The second-order valence-corrected chi connectivity index (χ2v) is 3.66. The lowest BCUT2D eigenvalue weighted by Gasteiger charge is -2.12. The van der Waals surface area contributed by atoms with Gasteiger partial charge >= 0.3 is 0 Å². The van der Waals surface area contributed by atoms with Crippen molar-refractivity contribution in [3.63, 3.8) is 0 Å². The van der Waals surface area contributed by atoms with E-state index < -0.39 is 0 Å². The zero-order valence-electron chi connectivity index (χ0n) is 8.36. The van der Waals surface area contributed by atoms with Crippen molar-refractivity contribution < 1.29 is 0 Å². The predicted molar refractivity (Wildman–Crippen MR) is 53.5 cm³/mol. The molecule has 0 bridgehead atoms. The molecule has 1 aliphatic carbocycles. The summed E-state index contributed by atoms with van der Waals surface area (Å²) in [4.78, 5) is 12.4. The summed E-state index contributed by atoms with van der Waals surface area (Å²) in [7, 11) is 3.74. The Bertz CT molecular complexity index is 333. The molecule has 1 fully saturated rings. The van der Waals surface area contributed by atoms with Crippen LogP contribution in [0.5, 0.6) is 0 Å². The third-order valence-electron chi connectivity index (χ3n) is 1.94. The van der Waals surface area contributed by atoms with Crippen LogP contribution in [0.4, 0.5) is 11.9 Å². The van der Waals surface area contributed by atoms with E-state index in [1.165, 1.54) is 0 Å². The quantitative estimate of drug-likeness (QED) is 0.670. The number of anilines is 2. The highest BCUT2D eigenvalue weighted by atomic mass is 15.5. The van der Waals surface area contributed by atoms with E-state index in [9.17, 15) is 0 Å². The van der Waals surface area contributed by atoms with E-state index >= 15 is 0 Å². The van der Waals surface area contributed by atoms with Crippen molar-refractivity contribution in [2.24, 2.45) is 0 Å². The fourth-order valence-corrected chi connectivity index (χ4v) is 1.18. The Balaban J connectivity index is 2.22. The molecule has 0 unspecified atom stereocenters. The second-order valence-electron chi connectivity index (χ2n) is 3.66. The molecular formula is C8H14N6. The topological polar surface area (TPSA) is 80.0 Å². The molecule has 3 N–H and O–H groups in total. The third kappa shape index (κ3) is 2.08. The van der Waals surface area contributed by atoms with Crippen LogP contribution < -0.4 is 11.2 Å². The van der Waals surface area contributed by atoms with Crippen molar-refractivity contribution in [2.45, 2.75) is 18.8 Å². The molecule has 1 saturated carbocycles. The van der Waals surface area contributed by atoms with E-state index in [2.05, 4.69) is 20.4 Å². The van der Waals surface area contributed by atoms with Crippen LogP contribution in [0.1, 0.15) is 24.6 Å². The number of nitrogens with one attached hydrogen (secondary N) is 1. The van der Waals surface area contributed by atoms with Crippen LogP contribution in [0.2, 0.25) is 0 Å². The molecule has 14 heavy (non-hydrogen) atoms. The number of nitrogen functional groups attached to an aromatic ring is 1. The van der Waals surface area contributed by atoms with Gasteiger partial charge in [0.25, 0.3) is 0 Å². The van der Waals surface area contributed by atoms with E-state index in [0.717, 1.165) is 18.7 Å². The molecule has 0 saturated heterocycles. The van der Waals surface area contributed by atoms with Gasteiger partial charge in [-0.2, -0.15) is 15.0 Å². The third-order valence-corrected chi connectivity index (χ3v) is 1.94. The Hall–Kier alpha value is -1.43. The fourth-order valence-electron chi connectivity index (χ4n) is 1.18. The molecule has 0 radical (unpaired) electrons. The molecule has 1 aliphatic rings. The first-order valence-corrected chi connectivity index (χ1v) is 4.60. The molecule has 0 aliphatic heterocycles. The number of hydrogen-bond donors (Lipinski definition) is 2. The van der Waals surface area contributed by atoms with Crippen LogP contribution in [-0.4, -0.2) is 34.1 Å². The molecule has 6 heteroatoms. The number of nitrogens with two attached hydrogens (primary N) is 1. The fraction of sp³-hybridized carbons (Fsp3) is 0.625. The number of nitrogens with zero attached hydrogens (tertiary/aromatic N) is 4. The number of rotatable bonds is 3. The molecule has 0 spiro atoms. The van der Waals surface area contributed by atoms with Crippen molar-refractivity contribution in [1.29, 1.82) is 0 Å². The summed E-state index contributed by atoms with van der Waals surface area (Å²) in [6.07, 6.45) is 2.32. The number of aromatic nitrogens is 3. The minimum atomic E-state index is 0.284. The highest BCUT2D eigenvalue weighted by Gasteiger charge is 2.27. The van der Waals surface area contributed by atoms with Gasteiger partial charge in [-0.1, -0.05) is 0 Å². The minimum absolute atomic E-state index is 0.284. The van der Waals surface area contributed by atoms with Crippen molar-refractivity contribution in [3.8, 4) is 0 Å². The van der Waals surface area contributed by atoms with E-state index in [-0.39, 0.29) is 5.95 Å². The average Bonchev–Trinajstić information content (AvgIpc) is 2.82. The number of hydrogen-bond acceptors (Lipinski definition) is 6. The summed E-state index contributed by atoms with van der Waals surface area (Å²) in [6, 6.07) is 0. The first-order chi connectivity index (χ1) is 6.65. The Morgan fingerprint density at radius 3 is 2.57 bits per heavy atom. The Morgan fingerprint density at radius 1 is 1.29 bits per heavy atom. The van der Waals surface area contributed by atoms with Gasteiger partial charge in [0.05, 0.1) is 0 Å². The molecule has 2 rings (SSSR count). The van der Waals surface area contributed by atoms with E-state index in [1.54, 1.807) is 5.01 Å². The normalized spacial score (nSPS) is 15.9. The zero-order valence-corrected chi connectivity index (χ0v) is 8.36. The molecule has 1 aromatic rings. The predicted octanol–water partition coefficient (Wildman–Crippen LogP) is 0.220. The SMILES string of the molecule is CN(C)Nc1nc(N)nc(C2CC2)n1. The summed E-state index contributed by atoms with van der Waals surface area (Å²) < 4.78 is 0. The second kappa shape index (κ2) is 3.38. The van der Waals surface area contributed by atoms with E-state index in [1.807, 2.05) is 14.1 Å². The molecule has 1 heterocycles. The van der Waals surface area contributed by atoms with Gasteiger partial charge in [-0.15, -0.1) is 0 Å². The summed E-state index contributed by atoms with van der Waals surface area (Å²) in [5.41, 5.74) is 8.54. The first kappa shape index (κ1) is 9.14. The molecular weight excluding hydrogens is 180 g/mol. The van der Waals surface area contributed by atoms with Crippen LogP contribution in [-0.2, 0) is 0 Å². The Morgan fingerprint density at radius 2 is 2.00 bits per heavy atom. The largest absolute Gasteiger partial charge is 0.368 e. The lowest BCUT2D eigenvalue weighted by atomic mass is 10.4. The maximum atomic E-state index is 5.58. The van der Waals surface area contributed by atoms with Crippen LogP contribution in [0, 0.1) is 0 Å². The molecule has 0 aromatic carbocycles. The lowest BCUT2D eigenvalue weighted by molar-refractivity contribution is 0.488. The van der Waals surface area contributed by atoms with Crippen LogP contribution in [0.3, 0.4) is 0 Å². The van der Waals surface area contributed by atoms with Gasteiger partial charge in [0, 0.05) is 20.0 Å². The maximum absolute atomic E-state index is 5.58. The molecule has 76 valence electrons. The average molecular weight is 194 g/mol. The lowest BCUT2D eigenvalue weighted by Crippen LogP contribution is -2.22. The Labute approximate surface area is 82.5 Å². The van der Waals surface area contributed by atoms with Crippen molar-refractivity contribution in [2.75, 3.05) is 25.3 Å². The molecule has 6 nitrogen and oxygen atoms in total. The van der Waals surface area contributed by atoms with E-state index in [0.29, 0.717) is 11.9 Å². The van der Waals surface area contributed by atoms with Gasteiger partial charge < -0.3 is 5.73 Å². The standard InChI is InChI=1S/C8H14N6/c1-14(2)13-8-11-6(5-3-4-5)10-7(9)12-8/h5H,3-4H2,1-2H3,(H3,9,10,11,12,13). The highest BCUT2D eigenvalue weighted by molar-refractivity contribution is 5.31. The highest BCUT2D eigenvalue weighted by Crippen LogP contribution is 2.38. The van der Waals surface area contributed by atoms with Gasteiger partial charge in [0.15, 0.2) is 0 Å². The van der Waals surface area contributed by atoms with Gasteiger partial charge in [-0.05, 0) is 12.8 Å². The summed E-state index contributed by atoms with van der Waals surface area (Å²) in [6.45, 7) is 0. The number of hydrazine groups is 1. The Kier molecular flexibility index (Phi) is 2.20. The first-order valence-electron chi connectivity index (χ1n) is 4.60. The molecule has 0 atom stereocenters. The van der Waals surface area contributed by atoms with Crippen molar-refractivity contribution >= 4 is 11.9 Å². The van der Waals surface area contributed by atoms with Gasteiger partial charge in [0.1, 0.15) is 5.82 Å². The smallest absolute Gasteiger partial charge is 0.242 e. The van der Waals surface area contributed by atoms with Crippen molar-refractivity contribution in [1.82, 2.24) is 20.0 Å². The molecule has 0 amide bonds. The van der Waals surface area contributed by atoms with Gasteiger partial charge in [0.2, 0.25) is 11.9 Å². The minimum Gasteiger partial charge on any atom is -0.368 e. The zero-order chi connectivity index (χ0) is 10.1. The summed E-state index contributed by atoms with van der Waals surface area (Å²) >= 11 is 0. The summed E-state index contributed by atoms with van der Waals surface area (Å²) in [5.74, 6) is 2.10. The van der Waals surface area contributed by atoms with Gasteiger partial charge in [-0.3, -0.25) is 5.43 Å². The monoisotopic (exact) mass is 194 g/mol. The van der Waals surface area contributed by atoms with Crippen molar-refractivity contribution in [3.05, 3.63) is 5.82 Å². The van der Waals surface area contributed by atoms with E-state index in [4.69, 9.17) is 5.73 Å². The summed E-state index contributed by atoms with van der Waals surface area (Å²) in [5, 5.41) is 1.77. The van der Waals surface area contributed by atoms with Crippen LogP contribution >= 0.6 is 0 Å². The van der Waals surface area contributed by atoms with Crippen LogP contribution in [0.15, 0.2) is 0 Å². The van der Waals surface area contributed by atoms with Gasteiger partial charge in [-0.25, -0.2) is 5.01 Å². The molecule has 1 aromatic heterocycles. The van der Waals surface area contributed by atoms with Crippen LogP contribution in [0.25, 0.3) is 0 Å². The maximum Gasteiger partial charge on any atom is 0.242 e.